The van der Waals surface area contributed by atoms with Crippen LogP contribution in [0.3, 0.4) is 0 Å². The number of carbonyl (C=O) groups is 1. The van der Waals surface area contributed by atoms with Crippen molar-refractivity contribution in [2.24, 2.45) is 0 Å². The molecular formula is C19H15N5O4S. The highest BCUT2D eigenvalue weighted by atomic mass is 32.2. The van der Waals surface area contributed by atoms with Crippen LogP contribution in [0, 0.1) is 6.92 Å². The van der Waals surface area contributed by atoms with Gasteiger partial charge in [0.2, 0.25) is 15.0 Å². The Labute approximate surface area is 165 Å². The van der Waals surface area contributed by atoms with Crippen LogP contribution < -0.4 is 0 Å². The topological polar surface area (TPSA) is 127 Å². The molecule has 1 N–H and O–H groups in total. The van der Waals surface area contributed by atoms with Gasteiger partial charge in [-0.1, -0.05) is 6.07 Å². The second kappa shape index (κ2) is 6.74. The first-order chi connectivity index (χ1) is 13.7. The zero-order chi connectivity index (χ0) is 20.8. The summed E-state index contributed by atoms with van der Waals surface area (Å²) in [6.07, 6.45) is 3.95. The number of fused-ring (bicyclic) bond motifs is 1. The maximum Gasteiger partial charge on any atom is 0.335 e. The van der Waals surface area contributed by atoms with Crippen molar-refractivity contribution in [2.45, 2.75) is 12.1 Å². The highest BCUT2D eigenvalue weighted by Crippen LogP contribution is 2.31. The number of hydrogen-bond donors (Lipinski definition) is 1. The van der Waals surface area contributed by atoms with Gasteiger partial charge in [-0.15, -0.1) is 0 Å². The van der Waals surface area contributed by atoms with Crippen LogP contribution in [-0.4, -0.2) is 50.1 Å². The number of rotatable bonds is 4. The monoisotopic (exact) mass is 409 g/mol. The maximum absolute atomic E-state index is 11.9. The Balaban J connectivity index is 2.06. The number of imidazole rings is 1. The van der Waals surface area contributed by atoms with Crippen LogP contribution in [0.1, 0.15) is 16.1 Å². The van der Waals surface area contributed by atoms with E-state index in [9.17, 15) is 18.3 Å². The zero-order valence-electron chi connectivity index (χ0n) is 15.4. The first-order valence-electron chi connectivity index (χ1n) is 8.47. The minimum Gasteiger partial charge on any atom is -0.478 e. The van der Waals surface area contributed by atoms with E-state index in [2.05, 4.69) is 19.9 Å². The number of aromatic nitrogens is 5. The van der Waals surface area contributed by atoms with Gasteiger partial charge in [-0.2, -0.15) is 0 Å². The minimum absolute atomic E-state index is 0.0808. The third kappa shape index (κ3) is 3.45. The lowest BCUT2D eigenvalue weighted by Gasteiger charge is -2.06. The van der Waals surface area contributed by atoms with Gasteiger partial charge in [0.25, 0.3) is 0 Å². The van der Waals surface area contributed by atoms with E-state index in [4.69, 9.17) is 0 Å². The molecule has 4 rings (SSSR count). The fourth-order valence-corrected chi connectivity index (χ4v) is 3.44. The molecule has 4 aromatic rings. The van der Waals surface area contributed by atoms with Crippen molar-refractivity contribution in [2.75, 3.05) is 6.26 Å². The van der Waals surface area contributed by atoms with Crippen molar-refractivity contribution >= 4 is 21.5 Å². The summed E-state index contributed by atoms with van der Waals surface area (Å²) in [4.78, 5) is 28.4. The lowest BCUT2D eigenvalue weighted by atomic mass is 10.1. The Morgan fingerprint density at radius 2 is 1.86 bits per heavy atom. The smallest absolute Gasteiger partial charge is 0.335 e. The molecule has 146 valence electrons. The summed E-state index contributed by atoms with van der Waals surface area (Å²) in [6, 6.07) is 9.89. The number of hydrogen-bond acceptors (Lipinski definition) is 7. The van der Waals surface area contributed by atoms with Crippen LogP contribution in [-0.2, 0) is 9.84 Å². The van der Waals surface area contributed by atoms with E-state index in [1.165, 1.54) is 18.3 Å². The molecule has 0 fully saturated rings. The molecule has 0 aliphatic carbocycles. The Morgan fingerprint density at radius 3 is 2.55 bits per heavy atom. The summed E-state index contributed by atoms with van der Waals surface area (Å²) < 4.78 is 25.5. The van der Waals surface area contributed by atoms with Crippen LogP contribution in [0.15, 0.2) is 53.9 Å². The molecule has 4 heterocycles. The van der Waals surface area contributed by atoms with E-state index >= 15 is 0 Å². The second-order valence-electron chi connectivity index (χ2n) is 6.42. The summed E-state index contributed by atoms with van der Waals surface area (Å²) >= 11 is 0. The van der Waals surface area contributed by atoms with E-state index in [0.717, 1.165) is 11.9 Å². The predicted molar refractivity (Wildman–Crippen MR) is 104 cm³/mol. The molecule has 9 nitrogen and oxygen atoms in total. The fourth-order valence-electron chi connectivity index (χ4n) is 2.93. The van der Waals surface area contributed by atoms with Crippen molar-refractivity contribution in [1.82, 2.24) is 24.3 Å². The average Bonchev–Trinajstić information content (AvgIpc) is 3.06. The van der Waals surface area contributed by atoms with Gasteiger partial charge in [0.1, 0.15) is 17.0 Å². The number of aryl methyl sites for hydroxylation is 1. The zero-order valence-corrected chi connectivity index (χ0v) is 16.3. The number of carboxylic acids is 1. The molecule has 0 spiro atoms. The van der Waals surface area contributed by atoms with E-state index < -0.39 is 15.8 Å². The normalized spacial score (nSPS) is 11.7. The van der Waals surface area contributed by atoms with Crippen LogP contribution in [0.2, 0.25) is 0 Å². The predicted octanol–water partition coefficient (Wildman–Crippen LogP) is 2.26. The van der Waals surface area contributed by atoms with Crippen molar-refractivity contribution in [3.63, 3.8) is 0 Å². The van der Waals surface area contributed by atoms with Gasteiger partial charge in [0, 0.05) is 24.3 Å². The summed E-state index contributed by atoms with van der Waals surface area (Å²) in [5.74, 6) is -1.08. The molecule has 4 aromatic heterocycles. The molecule has 29 heavy (non-hydrogen) atoms. The largest absolute Gasteiger partial charge is 0.478 e. The van der Waals surface area contributed by atoms with E-state index in [-0.39, 0.29) is 10.7 Å². The fraction of sp³-hybridized carbons (Fsp3) is 0.105. The first kappa shape index (κ1) is 18.7. The van der Waals surface area contributed by atoms with E-state index in [0.29, 0.717) is 28.4 Å². The minimum atomic E-state index is -3.62. The Morgan fingerprint density at radius 1 is 1.07 bits per heavy atom. The third-order valence-corrected chi connectivity index (χ3v) is 5.07. The molecule has 0 aliphatic rings. The molecule has 0 atom stereocenters. The van der Waals surface area contributed by atoms with Crippen molar-refractivity contribution < 1.29 is 18.3 Å². The average molecular weight is 409 g/mol. The van der Waals surface area contributed by atoms with Gasteiger partial charge in [0.15, 0.2) is 0 Å². The molecule has 0 amide bonds. The van der Waals surface area contributed by atoms with Crippen molar-refractivity contribution in [3.05, 3.63) is 60.0 Å². The Kier molecular flexibility index (Phi) is 4.35. The number of carboxylic acid groups (broad SMARTS) is 1. The van der Waals surface area contributed by atoms with Gasteiger partial charge in [-0.3, -0.25) is 9.38 Å². The van der Waals surface area contributed by atoms with Crippen LogP contribution in [0.25, 0.3) is 28.4 Å². The van der Waals surface area contributed by atoms with Gasteiger partial charge in [0.05, 0.1) is 17.0 Å². The maximum atomic E-state index is 11.9. The van der Waals surface area contributed by atoms with Crippen LogP contribution >= 0.6 is 0 Å². The number of pyridine rings is 2. The van der Waals surface area contributed by atoms with Crippen LogP contribution in [0.4, 0.5) is 0 Å². The summed E-state index contributed by atoms with van der Waals surface area (Å²) in [6.45, 7) is 1.84. The quantitative estimate of drug-likeness (QED) is 0.509. The second-order valence-corrected chi connectivity index (χ2v) is 8.33. The highest BCUT2D eigenvalue weighted by Gasteiger charge is 2.21. The highest BCUT2D eigenvalue weighted by molar-refractivity contribution is 7.90. The Hall–Kier alpha value is -3.66. The standard InChI is InChI=1S/C19H15N5O4S/c1-11-4-3-5-13(21-11)16-17(14-6-8-20-19(22-14)29(2,27)28)24-9-7-12(18(25)26)10-15(24)23-16/h3-10H,1-2H3,(H,25,26). The first-order valence-corrected chi connectivity index (χ1v) is 10.4. The van der Waals surface area contributed by atoms with E-state index in [1.54, 1.807) is 22.7 Å². The number of nitrogens with zero attached hydrogens (tertiary/aromatic N) is 5. The molecule has 0 saturated carbocycles. The van der Waals surface area contributed by atoms with Crippen molar-refractivity contribution in [1.29, 1.82) is 0 Å². The Bertz CT molecular complexity index is 1380. The van der Waals surface area contributed by atoms with Gasteiger partial charge < -0.3 is 5.11 Å². The summed E-state index contributed by atoms with van der Waals surface area (Å²) in [5.41, 5.74) is 3.05. The molecular weight excluding hydrogens is 394 g/mol. The summed E-state index contributed by atoms with van der Waals surface area (Å²) in [7, 11) is -3.62. The molecule has 0 aromatic carbocycles. The van der Waals surface area contributed by atoms with Crippen molar-refractivity contribution in [3.8, 4) is 22.8 Å². The molecule has 0 radical (unpaired) electrons. The molecule has 0 unspecified atom stereocenters. The molecule has 10 heteroatoms. The third-order valence-electron chi connectivity index (χ3n) is 4.21. The lowest BCUT2D eigenvalue weighted by Crippen LogP contribution is -2.05. The number of sulfone groups is 1. The molecule has 0 aliphatic heterocycles. The SMILES string of the molecule is Cc1cccc(-c2nc3cc(C(=O)O)ccn3c2-c2ccnc(S(C)(=O)=O)n2)n1. The summed E-state index contributed by atoms with van der Waals surface area (Å²) in [5, 5.41) is 8.97. The number of aromatic carboxylic acids is 1. The lowest BCUT2D eigenvalue weighted by molar-refractivity contribution is 0.0697. The van der Waals surface area contributed by atoms with Gasteiger partial charge in [-0.05, 0) is 37.3 Å². The van der Waals surface area contributed by atoms with Gasteiger partial charge in [-0.25, -0.2) is 28.2 Å². The van der Waals surface area contributed by atoms with Gasteiger partial charge >= 0.3 is 5.97 Å². The molecule has 0 bridgehead atoms. The van der Waals surface area contributed by atoms with Crippen LogP contribution in [0.5, 0.6) is 0 Å². The van der Waals surface area contributed by atoms with E-state index in [1.807, 2.05) is 19.1 Å². The molecule has 0 saturated heterocycles.